The molecule has 1 aliphatic rings. The predicted molar refractivity (Wildman–Crippen MR) is 119 cm³/mol. The van der Waals surface area contributed by atoms with Gasteiger partial charge >= 0.3 is 12.1 Å². The Kier molecular flexibility index (Phi) is 8.12. The number of nitrogens with zero attached hydrogens (tertiary/aromatic N) is 4. The Labute approximate surface area is 201 Å². The number of amides is 1. The lowest BCUT2D eigenvalue weighted by Crippen LogP contribution is -2.42. The van der Waals surface area contributed by atoms with Crippen molar-refractivity contribution < 1.29 is 36.6 Å². The zero-order valence-corrected chi connectivity index (χ0v) is 19.0. The maximum absolute atomic E-state index is 13.1. The molecule has 0 spiro atoms. The number of fused-ring (bicyclic) bond motifs is 1. The van der Waals surface area contributed by atoms with Crippen LogP contribution < -0.4 is 16.4 Å². The summed E-state index contributed by atoms with van der Waals surface area (Å²) >= 11 is 0. The number of hydrogen-bond donors (Lipinski definition) is 4. The number of nitrogens with two attached hydrogens (primary N) is 1. The zero-order chi connectivity index (χ0) is 26.6. The molecule has 4 rings (SSSR count). The van der Waals surface area contributed by atoms with Crippen LogP contribution in [-0.4, -0.2) is 54.6 Å². The normalized spacial score (nSPS) is 18.0. The van der Waals surface area contributed by atoms with E-state index in [1.54, 1.807) is 12.1 Å². The number of aromatic nitrogens is 4. The zero-order valence-electron chi connectivity index (χ0n) is 19.0. The molecule has 0 bridgehead atoms. The minimum absolute atomic E-state index is 0.0232. The summed E-state index contributed by atoms with van der Waals surface area (Å²) in [7, 11) is 1.52. The molecule has 1 saturated carbocycles. The van der Waals surface area contributed by atoms with Crippen molar-refractivity contribution in [3.05, 3.63) is 41.9 Å². The first kappa shape index (κ1) is 26.8. The summed E-state index contributed by atoms with van der Waals surface area (Å²) in [5.41, 5.74) is 6.65. The van der Waals surface area contributed by atoms with Crippen molar-refractivity contribution in [1.82, 2.24) is 19.4 Å². The number of halogens is 5. The molecule has 5 N–H and O–H groups in total. The highest BCUT2D eigenvalue weighted by Crippen LogP contribution is 2.26. The molecule has 0 radical (unpaired) electrons. The Morgan fingerprint density at radius 3 is 2.39 bits per heavy atom. The van der Waals surface area contributed by atoms with Gasteiger partial charge in [-0.3, -0.25) is 9.48 Å². The smallest absolute Gasteiger partial charge is 0.475 e. The number of carbonyl (C=O) groups is 2. The fourth-order valence-corrected chi connectivity index (χ4v) is 3.71. The molecule has 2 atom stereocenters. The molecule has 36 heavy (non-hydrogen) atoms. The van der Waals surface area contributed by atoms with E-state index >= 15 is 0 Å². The average molecular weight is 517 g/mol. The van der Waals surface area contributed by atoms with Gasteiger partial charge in [-0.05, 0) is 37.1 Å². The van der Waals surface area contributed by atoms with Crippen LogP contribution in [0.25, 0.3) is 5.52 Å². The van der Waals surface area contributed by atoms with Crippen molar-refractivity contribution in [2.24, 2.45) is 12.8 Å². The van der Waals surface area contributed by atoms with E-state index in [4.69, 9.17) is 15.6 Å². The number of rotatable bonds is 5. The van der Waals surface area contributed by atoms with Crippen LogP contribution in [0.3, 0.4) is 0 Å². The second-order valence-corrected chi connectivity index (χ2v) is 8.13. The Morgan fingerprint density at radius 1 is 1.14 bits per heavy atom. The first-order chi connectivity index (χ1) is 16.9. The number of hydrogen-bond acceptors (Lipinski definition) is 6. The summed E-state index contributed by atoms with van der Waals surface area (Å²) in [6, 6.07) is 7.22. The van der Waals surface area contributed by atoms with Crippen molar-refractivity contribution in [2.45, 2.75) is 50.4 Å². The second kappa shape index (κ2) is 10.9. The van der Waals surface area contributed by atoms with E-state index in [-0.39, 0.29) is 23.5 Å². The summed E-state index contributed by atoms with van der Waals surface area (Å²) in [5, 5.41) is 21.2. The monoisotopic (exact) mass is 517 g/mol. The van der Waals surface area contributed by atoms with E-state index in [0.717, 1.165) is 25.7 Å². The average Bonchev–Trinajstić information content (AvgIpc) is 3.38. The fourth-order valence-electron chi connectivity index (χ4n) is 3.71. The highest BCUT2D eigenvalue weighted by atomic mass is 19.4. The molecule has 0 aliphatic heterocycles. The number of alkyl halides is 5. The Hall–Kier alpha value is -3.75. The van der Waals surface area contributed by atoms with Gasteiger partial charge in [0.15, 0.2) is 5.69 Å². The third-order valence-electron chi connectivity index (χ3n) is 5.44. The number of carbonyl (C=O) groups excluding carboxylic acids is 1. The minimum Gasteiger partial charge on any atom is -0.475 e. The largest absolute Gasteiger partial charge is 0.490 e. The molecular weight excluding hydrogens is 493 g/mol. The molecule has 0 aromatic carbocycles. The lowest BCUT2D eigenvalue weighted by atomic mass is 9.91. The maximum atomic E-state index is 13.1. The summed E-state index contributed by atoms with van der Waals surface area (Å²) in [5.74, 6) is -2.69. The highest BCUT2D eigenvalue weighted by Gasteiger charge is 2.38. The summed E-state index contributed by atoms with van der Waals surface area (Å²) in [6.07, 6.45) is -2.35. The van der Waals surface area contributed by atoms with Crippen LogP contribution in [0.1, 0.15) is 48.3 Å². The summed E-state index contributed by atoms with van der Waals surface area (Å²) in [6.45, 7) is 0. The van der Waals surface area contributed by atoms with Gasteiger partial charge in [0.1, 0.15) is 11.5 Å². The van der Waals surface area contributed by atoms with E-state index in [1.807, 2.05) is 12.1 Å². The van der Waals surface area contributed by atoms with E-state index in [1.165, 1.54) is 22.4 Å². The van der Waals surface area contributed by atoms with Crippen molar-refractivity contribution in [3.8, 4) is 0 Å². The SMILES string of the molecule is Cn1cc(NC(=O)c2ccc3ccc(N[C@@H]4CCCC[C@@H]4N)nn23)c(C(F)F)n1.O=C(O)C(F)(F)F. The van der Waals surface area contributed by atoms with Crippen LogP contribution in [-0.2, 0) is 11.8 Å². The van der Waals surface area contributed by atoms with Crippen LogP contribution >= 0.6 is 0 Å². The third kappa shape index (κ3) is 6.47. The number of nitrogens with one attached hydrogen (secondary N) is 2. The molecule has 1 fully saturated rings. The van der Waals surface area contributed by atoms with Crippen LogP contribution in [0.2, 0.25) is 0 Å². The van der Waals surface area contributed by atoms with Gasteiger partial charge in [-0.25, -0.2) is 18.1 Å². The summed E-state index contributed by atoms with van der Waals surface area (Å²) < 4.78 is 60.7. The molecular formula is C21H24F5N7O3. The van der Waals surface area contributed by atoms with Gasteiger partial charge in [-0.15, -0.1) is 5.10 Å². The molecule has 3 aromatic heterocycles. The highest BCUT2D eigenvalue weighted by molar-refractivity contribution is 6.04. The number of aryl methyl sites for hydroxylation is 1. The van der Waals surface area contributed by atoms with Gasteiger partial charge in [0.2, 0.25) is 0 Å². The van der Waals surface area contributed by atoms with Crippen LogP contribution in [0.5, 0.6) is 0 Å². The van der Waals surface area contributed by atoms with Gasteiger partial charge in [0.25, 0.3) is 12.3 Å². The molecule has 0 unspecified atom stereocenters. The van der Waals surface area contributed by atoms with Gasteiger partial charge in [0.05, 0.1) is 11.2 Å². The third-order valence-corrected chi connectivity index (χ3v) is 5.44. The first-order valence-corrected chi connectivity index (χ1v) is 10.8. The standard InChI is InChI=1S/C19H23F2N7O.C2HF3O2/c1-27-10-14(17(26-27)18(20)21)24-19(29)15-8-6-11-7-9-16(25-28(11)15)23-13-5-3-2-4-12(13)22;3-2(4,5)1(6)7/h6-10,12-13,18H,2-5,22H2,1H3,(H,23,25)(H,24,29);(H,6,7)/t12-,13+;/m0./s1. The molecule has 3 heterocycles. The maximum Gasteiger partial charge on any atom is 0.490 e. The number of carboxylic acids is 1. The lowest BCUT2D eigenvalue weighted by Gasteiger charge is -2.29. The summed E-state index contributed by atoms with van der Waals surface area (Å²) in [4.78, 5) is 21.6. The number of aliphatic carboxylic acids is 1. The van der Waals surface area contributed by atoms with Crippen LogP contribution in [0.4, 0.5) is 33.5 Å². The van der Waals surface area contributed by atoms with Gasteiger partial charge in [-0.1, -0.05) is 12.8 Å². The van der Waals surface area contributed by atoms with Crippen LogP contribution in [0, 0.1) is 0 Å². The molecule has 1 aliphatic carbocycles. The van der Waals surface area contributed by atoms with Gasteiger partial charge in [-0.2, -0.15) is 18.3 Å². The fraction of sp³-hybridized carbons (Fsp3) is 0.429. The van der Waals surface area contributed by atoms with E-state index in [9.17, 15) is 26.7 Å². The quantitative estimate of drug-likeness (QED) is 0.380. The molecule has 1 amide bonds. The Morgan fingerprint density at radius 2 is 1.78 bits per heavy atom. The molecule has 3 aromatic rings. The topological polar surface area (TPSA) is 140 Å². The van der Waals surface area contributed by atoms with Crippen LogP contribution in [0.15, 0.2) is 30.5 Å². The Bertz CT molecular complexity index is 1220. The lowest BCUT2D eigenvalue weighted by molar-refractivity contribution is -0.192. The van der Waals surface area contributed by atoms with Gasteiger partial charge < -0.3 is 21.5 Å². The van der Waals surface area contributed by atoms with Crippen molar-refractivity contribution in [3.63, 3.8) is 0 Å². The number of carboxylic acid groups (broad SMARTS) is 1. The first-order valence-electron chi connectivity index (χ1n) is 10.8. The van der Waals surface area contributed by atoms with Gasteiger partial charge in [0, 0.05) is 25.3 Å². The van der Waals surface area contributed by atoms with Crippen molar-refractivity contribution in [1.29, 1.82) is 0 Å². The predicted octanol–water partition coefficient (Wildman–Crippen LogP) is 3.57. The second-order valence-electron chi connectivity index (χ2n) is 8.13. The molecule has 0 saturated heterocycles. The van der Waals surface area contributed by atoms with Crippen molar-refractivity contribution in [2.75, 3.05) is 10.6 Å². The van der Waals surface area contributed by atoms with E-state index < -0.39 is 30.2 Å². The Balaban J connectivity index is 0.000000454. The molecule has 10 nitrogen and oxygen atoms in total. The van der Waals surface area contributed by atoms with Crippen molar-refractivity contribution >= 4 is 28.9 Å². The number of anilines is 2. The van der Waals surface area contributed by atoms with E-state index in [0.29, 0.717) is 11.3 Å². The molecule has 196 valence electrons. The molecule has 15 heteroatoms. The van der Waals surface area contributed by atoms with E-state index in [2.05, 4.69) is 20.8 Å². The minimum atomic E-state index is -5.08.